The summed E-state index contributed by atoms with van der Waals surface area (Å²) < 4.78 is 11.2. The minimum Gasteiger partial charge on any atom is -0.497 e. The molecular formula is C14H18N4O3S2. The number of thioether (sulfide) groups is 1. The molecule has 0 saturated heterocycles. The zero-order valence-electron chi connectivity index (χ0n) is 13.0. The molecule has 0 bridgehead atoms. The van der Waals surface area contributed by atoms with Gasteiger partial charge < -0.3 is 20.5 Å². The predicted molar refractivity (Wildman–Crippen MR) is 91.1 cm³/mol. The van der Waals surface area contributed by atoms with Gasteiger partial charge in [-0.2, -0.15) is 0 Å². The van der Waals surface area contributed by atoms with Crippen LogP contribution in [0.4, 0.5) is 5.13 Å². The van der Waals surface area contributed by atoms with Gasteiger partial charge in [0.2, 0.25) is 11.0 Å². The monoisotopic (exact) mass is 354 g/mol. The number of hydrogen-bond acceptors (Lipinski definition) is 8. The van der Waals surface area contributed by atoms with Gasteiger partial charge in [0.15, 0.2) is 4.34 Å². The highest BCUT2D eigenvalue weighted by Crippen LogP contribution is 2.29. The maximum absolute atomic E-state index is 12.1. The number of nitrogens with one attached hydrogen (secondary N) is 1. The molecule has 124 valence electrons. The van der Waals surface area contributed by atoms with Crippen LogP contribution in [0.2, 0.25) is 0 Å². The number of rotatable bonds is 7. The van der Waals surface area contributed by atoms with E-state index in [2.05, 4.69) is 15.5 Å². The topological polar surface area (TPSA) is 99.4 Å². The first-order chi connectivity index (χ1) is 11.0. The molecule has 9 heteroatoms. The Bertz CT molecular complexity index is 678. The van der Waals surface area contributed by atoms with Crippen LogP contribution in [0.25, 0.3) is 0 Å². The van der Waals surface area contributed by atoms with Gasteiger partial charge in [0.05, 0.1) is 26.0 Å². The number of amides is 1. The Labute approximate surface area is 142 Å². The molecule has 1 unspecified atom stereocenters. The van der Waals surface area contributed by atoms with Gasteiger partial charge in [0.25, 0.3) is 0 Å². The molecule has 0 radical (unpaired) electrons. The van der Waals surface area contributed by atoms with Gasteiger partial charge in [-0.1, -0.05) is 23.1 Å². The average molecular weight is 354 g/mol. The summed E-state index contributed by atoms with van der Waals surface area (Å²) in [6, 6.07) is 5.26. The van der Waals surface area contributed by atoms with Crippen molar-refractivity contribution in [2.24, 2.45) is 0 Å². The number of anilines is 1. The maximum Gasteiger partial charge on any atom is 0.230 e. The fourth-order valence-electron chi connectivity index (χ4n) is 1.94. The van der Waals surface area contributed by atoms with Gasteiger partial charge >= 0.3 is 0 Å². The van der Waals surface area contributed by atoms with Crippen LogP contribution in [0.15, 0.2) is 22.5 Å². The lowest BCUT2D eigenvalue weighted by Crippen LogP contribution is -2.28. The van der Waals surface area contributed by atoms with Gasteiger partial charge in [-0.3, -0.25) is 4.79 Å². The maximum atomic E-state index is 12.1. The number of nitrogen functional groups attached to an aromatic ring is 1. The Kier molecular flexibility index (Phi) is 6.05. The summed E-state index contributed by atoms with van der Waals surface area (Å²) in [5.74, 6) is 1.54. The second-order valence-corrected chi connectivity index (χ2v) is 6.82. The van der Waals surface area contributed by atoms with Crippen molar-refractivity contribution in [1.29, 1.82) is 0 Å². The molecule has 1 atom stereocenters. The normalized spacial score (nSPS) is 11.8. The molecule has 0 saturated carbocycles. The van der Waals surface area contributed by atoms with E-state index >= 15 is 0 Å². The highest BCUT2D eigenvalue weighted by Gasteiger charge is 2.16. The van der Waals surface area contributed by atoms with E-state index in [1.165, 1.54) is 23.1 Å². The van der Waals surface area contributed by atoms with E-state index in [9.17, 15) is 4.79 Å². The Morgan fingerprint density at radius 3 is 2.78 bits per heavy atom. The Balaban J connectivity index is 1.97. The van der Waals surface area contributed by atoms with Crippen molar-refractivity contribution in [3.8, 4) is 11.5 Å². The van der Waals surface area contributed by atoms with E-state index in [0.29, 0.717) is 21.0 Å². The first-order valence-electron chi connectivity index (χ1n) is 6.76. The molecule has 0 spiro atoms. The Hall–Kier alpha value is -2.00. The van der Waals surface area contributed by atoms with Crippen molar-refractivity contribution >= 4 is 34.1 Å². The standard InChI is InChI=1S/C14H18N4O3S2/c1-8(10-6-9(20-2)4-5-11(10)21-3)16-12(19)7-22-14-18-17-13(15)23-14/h4-6,8H,7H2,1-3H3,(H2,15,17)(H,16,19). The Morgan fingerprint density at radius 2 is 2.17 bits per heavy atom. The summed E-state index contributed by atoms with van der Waals surface area (Å²) in [5, 5.41) is 10.9. The highest BCUT2D eigenvalue weighted by atomic mass is 32.2. The molecule has 3 N–H and O–H groups in total. The van der Waals surface area contributed by atoms with Gasteiger partial charge in [0, 0.05) is 5.56 Å². The quantitative estimate of drug-likeness (QED) is 0.735. The lowest BCUT2D eigenvalue weighted by atomic mass is 10.1. The van der Waals surface area contributed by atoms with Gasteiger partial charge in [-0.05, 0) is 25.1 Å². The zero-order valence-corrected chi connectivity index (χ0v) is 14.7. The van der Waals surface area contributed by atoms with Gasteiger partial charge in [-0.15, -0.1) is 10.2 Å². The van der Waals surface area contributed by atoms with Crippen LogP contribution in [0, 0.1) is 0 Å². The van der Waals surface area contributed by atoms with Gasteiger partial charge in [-0.25, -0.2) is 0 Å². The number of aromatic nitrogens is 2. The minimum absolute atomic E-state index is 0.110. The van der Waals surface area contributed by atoms with Crippen molar-refractivity contribution in [3.05, 3.63) is 23.8 Å². The van der Waals surface area contributed by atoms with Crippen LogP contribution in [-0.2, 0) is 4.79 Å². The van der Waals surface area contributed by atoms with E-state index in [4.69, 9.17) is 15.2 Å². The summed E-state index contributed by atoms with van der Waals surface area (Å²) >= 11 is 2.56. The number of hydrogen-bond donors (Lipinski definition) is 2. The molecular weight excluding hydrogens is 336 g/mol. The van der Waals surface area contributed by atoms with Crippen molar-refractivity contribution in [2.75, 3.05) is 25.7 Å². The molecule has 0 fully saturated rings. The number of carbonyl (C=O) groups excluding carboxylic acids is 1. The van der Waals surface area contributed by atoms with E-state index < -0.39 is 0 Å². The van der Waals surface area contributed by atoms with Gasteiger partial charge in [0.1, 0.15) is 11.5 Å². The molecule has 0 aliphatic rings. The number of carbonyl (C=O) groups is 1. The molecule has 0 aliphatic carbocycles. The largest absolute Gasteiger partial charge is 0.497 e. The summed E-state index contributed by atoms with van der Waals surface area (Å²) in [6.07, 6.45) is 0. The third-order valence-electron chi connectivity index (χ3n) is 3.03. The minimum atomic E-state index is -0.215. The molecule has 23 heavy (non-hydrogen) atoms. The number of benzene rings is 1. The van der Waals surface area contributed by atoms with Crippen molar-refractivity contribution in [2.45, 2.75) is 17.3 Å². The number of nitrogens with zero attached hydrogens (tertiary/aromatic N) is 2. The molecule has 1 aromatic heterocycles. The first-order valence-corrected chi connectivity index (χ1v) is 8.56. The second kappa shape index (κ2) is 8.02. The number of methoxy groups -OCH3 is 2. The SMILES string of the molecule is COc1ccc(OC)c(C(C)NC(=O)CSc2nnc(N)s2)c1. The van der Waals surface area contributed by atoms with Crippen LogP contribution in [0.5, 0.6) is 11.5 Å². The molecule has 1 aromatic carbocycles. The molecule has 0 aliphatic heterocycles. The van der Waals surface area contributed by atoms with E-state index in [0.717, 1.165) is 5.56 Å². The first kappa shape index (κ1) is 17.4. The highest BCUT2D eigenvalue weighted by molar-refractivity contribution is 8.01. The average Bonchev–Trinajstić information content (AvgIpc) is 2.97. The van der Waals surface area contributed by atoms with E-state index in [1.54, 1.807) is 14.2 Å². The molecule has 2 aromatic rings. The summed E-state index contributed by atoms with van der Waals surface area (Å²) in [6.45, 7) is 1.89. The van der Waals surface area contributed by atoms with Crippen molar-refractivity contribution < 1.29 is 14.3 Å². The summed E-state index contributed by atoms with van der Waals surface area (Å²) in [7, 11) is 3.19. The van der Waals surface area contributed by atoms with Crippen LogP contribution in [0.1, 0.15) is 18.5 Å². The second-order valence-electron chi connectivity index (χ2n) is 4.59. The lowest BCUT2D eigenvalue weighted by Gasteiger charge is -2.18. The smallest absolute Gasteiger partial charge is 0.230 e. The fourth-order valence-corrected chi connectivity index (χ4v) is 3.39. The number of ether oxygens (including phenoxy) is 2. The third-order valence-corrected chi connectivity index (χ3v) is 4.92. The van der Waals surface area contributed by atoms with Crippen LogP contribution < -0.4 is 20.5 Å². The molecule has 1 amide bonds. The van der Waals surface area contributed by atoms with Crippen molar-refractivity contribution in [1.82, 2.24) is 15.5 Å². The zero-order chi connectivity index (χ0) is 16.8. The molecule has 1 heterocycles. The van der Waals surface area contributed by atoms with Crippen molar-refractivity contribution in [3.63, 3.8) is 0 Å². The number of nitrogens with two attached hydrogens (primary N) is 1. The third kappa shape index (κ3) is 4.73. The van der Waals surface area contributed by atoms with Crippen LogP contribution in [-0.4, -0.2) is 36.1 Å². The lowest BCUT2D eigenvalue weighted by molar-refractivity contribution is -0.119. The van der Waals surface area contributed by atoms with E-state index in [1.807, 2.05) is 25.1 Å². The summed E-state index contributed by atoms with van der Waals surface area (Å²) in [4.78, 5) is 12.1. The van der Waals surface area contributed by atoms with Crippen LogP contribution >= 0.6 is 23.1 Å². The predicted octanol–water partition coefficient (Wildman–Crippen LogP) is 2.11. The fraction of sp³-hybridized carbons (Fsp3) is 0.357. The molecule has 7 nitrogen and oxygen atoms in total. The van der Waals surface area contributed by atoms with E-state index in [-0.39, 0.29) is 17.7 Å². The van der Waals surface area contributed by atoms with Crippen LogP contribution in [0.3, 0.4) is 0 Å². The Morgan fingerprint density at radius 1 is 1.39 bits per heavy atom. The molecule has 2 rings (SSSR count). The summed E-state index contributed by atoms with van der Waals surface area (Å²) in [5.41, 5.74) is 6.36.